The fourth-order valence-corrected chi connectivity index (χ4v) is 4.57. The van der Waals surface area contributed by atoms with E-state index in [-0.39, 0.29) is 24.4 Å². The second-order valence-corrected chi connectivity index (χ2v) is 10.9. The molecule has 1 aliphatic rings. The Morgan fingerprint density at radius 3 is 2.26 bits per heavy atom. The van der Waals surface area contributed by atoms with Crippen molar-refractivity contribution in [2.24, 2.45) is 5.92 Å². The minimum Gasteiger partial charge on any atom is -0.444 e. The van der Waals surface area contributed by atoms with Crippen LogP contribution in [0.3, 0.4) is 0 Å². The number of rotatable bonds is 8. The zero-order valence-electron chi connectivity index (χ0n) is 22.3. The van der Waals surface area contributed by atoms with Crippen LogP contribution in [-0.4, -0.2) is 52.0 Å². The Hall–Kier alpha value is -3.11. The smallest absolute Gasteiger partial charge is 0.416 e. The Bertz CT molecular complexity index is 1100. The van der Waals surface area contributed by atoms with Gasteiger partial charge in [-0.05, 0) is 50.3 Å². The Morgan fingerprint density at radius 1 is 1.08 bits per heavy atom. The molecule has 3 rings (SSSR count). The van der Waals surface area contributed by atoms with Crippen molar-refractivity contribution in [3.8, 4) is 0 Å². The third kappa shape index (κ3) is 7.48. The number of nitrogens with zero attached hydrogens (tertiary/aromatic N) is 1. The van der Waals surface area contributed by atoms with Crippen molar-refractivity contribution >= 4 is 12.0 Å². The highest BCUT2D eigenvalue weighted by atomic mass is 19.4. The van der Waals surface area contributed by atoms with Crippen molar-refractivity contribution in [3.05, 3.63) is 71.3 Å². The summed E-state index contributed by atoms with van der Waals surface area (Å²) in [6.45, 7) is 8.52. The molecule has 10 heteroatoms. The number of nitrogens with one attached hydrogen (secondary N) is 2. The van der Waals surface area contributed by atoms with Crippen molar-refractivity contribution in [3.63, 3.8) is 0 Å². The lowest BCUT2D eigenvalue weighted by Gasteiger charge is -2.29. The van der Waals surface area contributed by atoms with Crippen molar-refractivity contribution in [1.82, 2.24) is 15.5 Å². The second-order valence-electron chi connectivity index (χ2n) is 10.9. The summed E-state index contributed by atoms with van der Waals surface area (Å²) in [5, 5.41) is 17.2. The van der Waals surface area contributed by atoms with E-state index in [9.17, 15) is 27.9 Å². The first-order valence-corrected chi connectivity index (χ1v) is 12.6. The third-order valence-corrected chi connectivity index (χ3v) is 6.28. The first-order chi connectivity index (χ1) is 17.7. The van der Waals surface area contributed by atoms with Crippen LogP contribution in [0.4, 0.5) is 18.0 Å². The molecule has 0 radical (unpaired) electrons. The van der Waals surface area contributed by atoms with Crippen molar-refractivity contribution in [2.45, 2.75) is 83.7 Å². The standard InChI is InChI=1S/C28H36F3N3O4/c1-17(2)24-33-22(25(36)34(24)16-19-13-9-10-14-20(19)28(29,30)31)23(35)21(15-18-11-7-6-8-12-18)32-26(37)38-27(3,4)5/h6-14,17,21-24,33,35H,15-16H2,1-5H3,(H,32,37)/t21-,22?,23+,24?/m0/s1. The number of alkyl halides is 3. The minimum absolute atomic E-state index is 0.0383. The highest BCUT2D eigenvalue weighted by Gasteiger charge is 2.47. The molecule has 1 heterocycles. The van der Waals surface area contributed by atoms with E-state index >= 15 is 0 Å². The first kappa shape index (κ1) is 29.4. The molecule has 0 bridgehead atoms. The monoisotopic (exact) mass is 535 g/mol. The van der Waals surface area contributed by atoms with Crippen LogP contribution in [-0.2, 0) is 28.7 Å². The zero-order chi connectivity index (χ0) is 28.3. The first-order valence-electron chi connectivity index (χ1n) is 12.6. The van der Waals surface area contributed by atoms with Gasteiger partial charge in [0.1, 0.15) is 11.6 Å². The minimum atomic E-state index is -4.57. The highest BCUT2D eigenvalue weighted by Crippen LogP contribution is 2.34. The molecule has 1 aliphatic heterocycles. The van der Waals surface area contributed by atoms with Crippen LogP contribution in [0.1, 0.15) is 51.3 Å². The summed E-state index contributed by atoms with van der Waals surface area (Å²) in [4.78, 5) is 27.5. The molecule has 1 fully saturated rings. The number of amides is 2. The SMILES string of the molecule is CC(C)C1NC([C@H](O)[C@H](Cc2ccccc2)NC(=O)OC(C)(C)C)C(=O)N1Cc1ccccc1C(F)(F)F. The van der Waals surface area contributed by atoms with Gasteiger partial charge < -0.3 is 20.1 Å². The van der Waals surface area contributed by atoms with Gasteiger partial charge in [-0.2, -0.15) is 13.2 Å². The van der Waals surface area contributed by atoms with Gasteiger partial charge >= 0.3 is 12.3 Å². The Labute approximate surface area is 221 Å². The lowest BCUT2D eigenvalue weighted by atomic mass is 9.96. The maximum atomic E-state index is 13.6. The number of carbonyl (C=O) groups excluding carboxylic acids is 2. The maximum Gasteiger partial charge on any atom is 0.416 e. The molecule has 7 nitrogen and oxygen atoms in total. The lowest BCUT2D eigenvalue weighted by molar-refractivity contribution is -0.140. The predicted molar refractivity (Wildman–Crippen MR) is 137 cm³/mol. The van der Waals surface area contributed by atoms with E-state index in [2.05, 4.69) is 10.6 Å². The van der Waals surface area contributed by atoms with E-state index in [0.29, 0.717) is 0 Å². The van der Waals surface area contributed by atoms with Crippen LogP contribution in [0.5, 0.6) is 0 Å². The molecule has 2 unspecified atom stereocenters. The molecule has 1 saturated heterocycles. The summed E-state index contributed by atoms with van der Waals surface area (Å²) in [6.07, 6.45) is -7.13. The van der Waals surface area contributed by atoms with Gasteiger partial charge in [-0.15, -0.1) is 0 Å². The molecule has 0 saturated carbocycles. The molecular formula is C28H36F3N3O4. The molecule has 0 aromatic heterocycles. The van der Waals surface area contributed by atoms with Crippen molar-refractivity contribution in [2.75, 3.05) is 0 Å². The molecular weight excluding hydrogens is 499 g/mol. The molecule has 0 spiro atoms. The van der Waals surface area contributed by atoms with E-state index in [0.717, 1.165) is 11.6 Å². The summed E-state index contributed by atoms with van der Waals surface area (Å²) in [5.41, 5.74) is -0.815. The van der Waals surface area contributed by atoms with Gasteiger partial charge in [-0.1, -0.05) is 62.4 Å². The summed E-state index contributed by atoms with van der Waals surface area (Å²) in [6, 6.07) is 12.2. The third-order valence-electron chi connectivity index (χ3n) is 6.28. The van der Waals surface area contributed by atoms with Gasteiger partial charge in [0, 0.05) is 6.54 Å². The summed E-state index contributed by atoms with van der Waals surface area (Å²) in [7, 11) is 0. The molecule has 4 atom stereocenters. The van der Waals surface area contributed by atoms with Gasteiger partial charge in [0.05, 0.1) is 23.9 Å². The summed E-state index contributed by atoms with van der Waals surface area (Å²) >= 11 is 0. The number of ether oxygens (including phenoxy) is 1. The van der Waals surface area contributed by atoms with Crippen molar-refractivity contribution < 1.29 is 32.6 Å². The van der Waals surface area contributed by atoms with Crippen LogP contribution >= 0.6 is 0 Å². The fraction of sp³-hybridized carbons (Fsp3) is 0.500. The van der Waals surface area contributed by atoms with E-state index in [1.54, 1.807) is 20.8 Å². The molecule has 0 aliphatic carbocycles. The van der Waals surface area contributed by atoms with Crippen LogP contribution in [0, 0.1) is 5.92 Å². The van der Waals surface area contributed by atoms with E-state index < -0.39 is 53.7 Å². The van der Waals surface area contributed by atoms with Crippen molar-refractivity contribution in [1.29, 1.82) is 0 Å². The molecule has 38 heavy (non-hydrogen) atoms. The maximum absolute atomic E-state index is 13.6. The van der Waals surface area contributed by atoms with Crippen LogP contribution in [0.25, 0.3) is 0 Å². The quantitative estimate of drug-likeness (QED) is 0.464. The molecule has 208 valence electrons. The number of benzene rings is 2. The Kier molecular flexibility index (Phi) is 9.09. The average Bonchev–Trinajstić information content (AvgIpc) is 3.13. The molecule has 2 aromatic rings. The fourth-order valence-electron chi connectivity index (χ4n) is 4.57. The number of hydrogen-bond donors (Lipinski definition) is 3. The number of aliphatic hydroxyl groups is 1. The van der Waals surface area contributed by atoms with E-state index in [1.165, 1.54) is 23.1 Å². The number of halogens is 3. The van der Waals surface area contributed by atoms with E-state index in [1.807, 2.05) is 44.2 Å². The number of carbonyl (C=O) groups is 2. The Balaban J connectivity index is 1.88. The largest absolute Gasteiger partial charge is 0.444 e. The normalized spacial score (nSPS) is 19.9. The van der Waals surface area contributed by atoms with E-state index in [4.69, 9.17) is 4.74 Å². The molecule has 2 aromatic carbocycles. The lowest BCUT2D eigenvalue weighted by Crippen LogP contribution is -2.55. The number of alkyl carbamates (subject to hydrolysis) is 1. The predicted octanol–water partition coefficient (Wildman–Crippen LogP) is 4.48. The van der Waals surface area contributed by atoms with Crippen LogP contribution < -0.4 is 10.6 Å². The average molecular weight is 536 g/mol. The van der Waals surface area contributed by atoms with Gasteiger partial charge in [0.25, 0.3) is 0 Å². The van der Waals surface area contributed by atoms with Gasteiger partial charge in [0.15, 0.2) is 0 Å². The summed E-state index contributed by atoms with van der Waals surface area (Å²) in [5.74, 6) is -0.710. The molecule has 2 amide bonds. The van der Waals surface area contributed by atoms with Crippen LogP contribution in [0.2, 0.25) is 0 Å². The van der Waals surface area contributed by atoms with Gasteiger partial charge in [-0.25, -0.2) is 4.79 Å². The molecule has 3 N–H and O–H groups in total. The van der Waals surface area contributed by atoms with Crippen LogP contribution in [0.15, 0.2) is 54.6 Å². The topological polar surface area (TPSA) is 90.9 Å². The Morgan fingerprint density at radius 2 is 1.68 bits per heavy atom. The van der Waals surface area contributed by atoms with Gasteiger partial charge in [-0.3, -0.25) is 10.1 Å². The second kappa shape index (κ2) is 11.7. The van der Waals surface area contributed by atoms with Gasteiger partial charge in [0.2, 0.25) is 5.91 Å². The summed E-state index contributed by atoms with van der Waals surface area (Å²) < 4.78 is 46.2. The number of hydrogen-bond acceptors (Lipinski definition) is 5. The highest BCUT2D eigenvalue weighted by molar-refractivity contribution is 5.85. The zero-order valence-corrected chi connectivity index (χ0v) is 22.3. The number of aliphatic hydroxyl groups excluding tert-OH is 1.